The summed E-state index contributed by atoms with van der Waals surface area (Å²) < 4.78 is 7.59. The topological polar surface area (TPSA) is 33.0 Å². The fourth-order valence-corrected chi connectivity index (χ4v) is 3.14. The van der Waals surface area contributed by atoms with Crippen molar-refractivity contribution in [2.45, 2.75) is 24.6 Å². The molecule has 0 heterocycles. The highest BCUT2D eigenvalue weighted by Crippen LogP contribution is 2.35. The van der Waals surface area contributed by atoms with E-state index < -0.39 is 0 Å². The third-order valence-electron chi connectivity index (χ3n) is 2.14. The van der Waals surface area contributed by atoms with E-state index in [1.165, 1.54) is 5.56 Å². The molecule has 0 aliphatic rings. The Kier molecular flexibility index (Phi) is 7.17. The maximum atomic E-state index is 8.42. The van der Waals surface area contributed by atoms with Crippen molar-refractivity contribution in [2.24, 2.45) is 0 Å². The first-order chi connectivity index (χ1) is 8.19. The summed E-state index contributed by atoms with van der Waals surface area (Å²) in [5.41, 5.74) is 1.18. The quantitative estimate of drug-likeness (QED) is 0.464. The maximum absolute atomic E-state index is 8.42. The Morgan fingerprint density at radius 3 is 2.35 bits per heavy atom. The van der Waals surface area contributed by atoms with E-state index in [1.54, 1.807) is 0 Å². The van der Waals surface area contributed by atoms with Crippen LogP contribution in [0.15, 0.2) is 21.1 Å². The van der Waals surface area contributed by atoms with Gasteiger partial charge in [-0.3, -0.25) is 0 Å². The molecule has 92 valence electrons. The molecule has 0 bridgehead atoms. The zero-order valence-corrected chi connectivity index (χ0v) is 13.9. The van der Waals surface area contributed by atoms with E-state index in [0.717, 1.165) is 32.9 Å². The van der Waals surface area contributed by atoms with Gasteiger partial charge in [0.25, 0.3) is 0 Å². The van der Waals surface area contributed by atoms with Crippen molar-refractivity contribution >= 4 is 47.8 Å². The van der Waals surface area contributed by atoms with E-state index in [-0.39, 0.29) is 0 Å². The Hall–Kier alpha value is -0.0500. The third-order valence-corrected chi connectivity index (χ3v) is 3.97. The molecule has 2 nitrogen and oxygen atoms in total. The number of benzene rings is 1. The molecule has 0 aromatic heterocycles. The molecule has 0 amide bonds. The van der Waals surface area contributed by atoms with E-state index in [2.05, 4.69) is 53.9 Å². The van der Waals surface area contributed by atoms with Crippen LogP contribution in [0.25, 0.3) is 0 Å². The number of nitrogens with zero attached hydrogens (tertiary/aromatic N) is 1. The molecule has 0 unspecified atom stereocenters. The zero-order chi connectivity index (χ0) is 12.7. The molecule has 0 saturated heterocycles. The third kappa shape index (κ3) is 4.99. The SMILES string of the molecule is N#CCCCCOc1c(Br)cc(CBr)cc1Br. The number of alkyl halides is 1. The first-order valence-electron chi connectivity index (χ1n) is 5.22. The van der Waals surface area contributed by atoms with Crippen LogP contribution in [0, 0.1) is 11.3 Å². The standard InChI is InChI=1S/C12H12Br3NO/c13-8-9-6-10(14)12(11(15)7-9)17-5-3-1-2-4-16/h6-7H,1-3,5,8H2. The summed E-state index contributed by atoms with van der Waals surface area (Å²) in [4.78, 5) is 0. The van der Waals surface area contributed by atoms with Gasteiger partial charge in [0.15, 0.2) is 0 Å². The first kappa shape index (κ1) is 15.0. The lowest BCUT2D eigenvalue weighted by atomic mass is 10.2. The highest BCUT2D eigenvalue weighted by Gasteiger charge is 2.08. The second-order valence-corrected chi connectivity index (χ2v) is 5.76. The van der Waals surface area contributed by atoms with Crippen molar-refractivity contribution in [3.8, 4) is 11.8 Å². The van der Waals surface area contributed by atoms with Gasteiger partial charge in [0.2, 0.25) is 0 Å². The maximum Gasteiger partial charge on any atom is 0.147 e. The van der Waals surface area contributed by atoms with Crippen LogP contribution in [0.1, 0.15) is 24.8 Å². The Labute approximate surface area is 127 Å². The van der Waals surface area contributed by atoms with Gasteiger partial charge in [-0.05, 0) is 62.4 Å². The molecule has 0 aliphatic heterocycles. The number of unbranched alkanes of at least 4 members (excludes halogenated alkanes) is 2. The van der Waals surface area contributed by atoms with Crippen LogP contribution < -0.4 is 4.74 Å². The monoisotopic (exact) mass is 423 g/mol. The molecule has 0 N–H and O–H groups in total. The second-order valence-electron chi connectivity index (χ2n) is 3.49. The molecule has 0 atom stereocenters. The molecule has 0 aliphatic carbocycles. The Balaban J connectivity index is 2.56. The molecular formula is C12H12Br3NO. The summed E-state index contributed by atoms with van der Waals surface area (Å²) >= 11 is 10.4. The van der Waals surface area contributed by atoms with E-state index >= 15 is 0 Å². The van der Waals surface area contributed by atoms with E-state index in [1.807, 2.05) is 12.1 Å². The Bertz CT molecular complexity index is 392. The number of ether oxygens (including phenoxy) is 1. The van der Waals surface area contributed by atoms with Gasteiger partial charge >= 0.3 is 0 Å². The predicted molar refractivity (Wildman–Crippen MR) is 79.4 cm³/mol. The van der Waals surface area contributed by atoms with Crippen LogP contribution in [-0.2, 0) is 5.33 Å². The fourth-order valence-electron chi connectivity index (χ4n) is 1.31. The highest BCUT2D eigenvalue weighted by atomic mass is 79.9. The summed E-state index contributed by atoms with van der Waals surface area (Å²) in [5.74, 6) is 0.826. The molecule has 0 fully saturated rings. The van der Waals surface area contributed by atoms with Gasteiger partial charge in [-0.1, -0.05) is 15.9 Å². The summed E-state index contributed by atoms with van der Waals surface area (Å²) in [6, 6.07) is 6.19. The number of hydrogen-bond donors (Lipinski definition) is 0. The van der Waals surface area contributed by atoms with Gasteiger partial charge in [0.1, 0.15) is 5.75 Å². The van der Waals surface area contributed by atoms with Crippen molar-refractivity contribution in [3.63, 3.8) is 0 Å². The molecule has 1 aromatic rings. The molecule has 0 saturated carbocycles. The van der Waals surface area contributed by atoms with Crippen LogP contribution in [0.5, 0.6) is 5.75 Å². The molecular weight excluding hydrogens is 414 g/mol. The molecule has 0 spiro atoms. The molecule has 17 heavy (non-hydrogen) atoms. The van der Waals surface area contributed by atoms with Crippen LogP contribution in [0.2, 0.25) is 0 Å². The molecule has 1 rings (SSSR count). The van der Waals surface area contributed by atoms with E-state index in [4.69, 9.17) is 10.00 Å². The largest absolute Gasteiger partial charge is 0.491 e. The van der Waals surface area contributed by atoms with Crippen molar-refractivity contribution in [3.05, 3.63) is 26.6 Å². The lowest BCUT2D eigenvalue weighted by molar-refractivity contribution is 0.304. The summed E-state index contributed by atoms with van der Waals surface area (Å²) in [7, 11) is 0. The van der Waals surface area contributed by atoms with Gasteiger partial charge in [0, 0.05) is 11.8 Å². The molecule has 1 aromatic carbocycles. The van der Waals surface area contributed by atoms with Gasteiger partial charge in [-0.25, -0.2) is 0 Å². The van der Waals surface area contributed by atoms with Crippen LogP contribution in [-0.4, -0.2) is 6.61 Å². The second kappa shape index (κ2) is 8.12. The molecule has 5 heteroatoms. The summed E-state index contributed by atoms with van der Waals surface area (Å²) in [5, 5.41) is 9.23. The van der Waals surface area contributed by atoms with Crippen LogP contribution >= 0.6 is 47.8 Å². The van der Waals surface area contributed by atoms with Crippen molar-refractivity contribution < 1.29 is 4.74 Å². The van der Waals surface area contributed by atoms with E-state index in [9.17, 15) is 0 Å². The van der Waals surface area contributed by atoms with Crippen LogP contribution in [0.3, 0.4) is 0 Å². The van der Waals surface area contributed by atoms with E-state index in [0.29, 0.717) is 13.0 Å². The van der Waals surface area contributed by atoms with Gasteiger partial charge in [0.05, 0.1) is 21.6 Å². The van der Waals surface area contributed by atoms with Crippen molar-refractivity contribution in [1.29, 1.82) is 5.26 Å². The van der Waals surface area contributed by atoms with Gasteiger partial charge in [-0.2, -0.15) is 5.26 Å². The van der Waals surface area contributed by atoms with Crippen molar-refractivity contribution in [1.82, 2.24) is 0 Å². The average molecular weight is 426 g/mol. The number of halogens is 3. The Morgan fingerprint density at radius 2 is 1.82 bits per heavy atom. The minimum Gasteiger partial charge on any atom is -0.491 e. The fraction of sp³-hybridized carbons (Fsp3) is 0.417. The normalized spacial score (nSPS) is 10.0. The first-order valence-corrected chi connectivity index (χ1v) is 7.93. The summed E-state index contributed by atoms with van der Waals surface area (Å²) in [6.45, 7) is 0.631. The minimum absolute atomic E-state index is 0.591. The zero-order valence-electron chi connectivity index (χ0n) is 9.18. The predicted octanol–water partition coefficient (Wildman–Crippen LogP) is 5.18. The lowest BCUT2D eigenvalue weighted by Gasteiger charge is -2.11. The Morgan fingerprint density at radius 1 is 1.18 bits per heavy atom. The number of nitriles is 1. The number of hydrogen-bond acceptors (Lipinski definition) is 2. The number of rotatable bonds is 6. The lowest BCUT2D eigenvalue weighted by Crippen LogP contribution is -1.99. The van der Waals surface area contributed by atoms with Gasteiger partial charge in [-0.15, -0.1) is 0 Å². The van der Waals surface area contributed by atoms with Gasteiger partial charge < -0.3 is 4.74 Å². The summed E-state index contributed by atoms with van der Waals surface area (Å²) in [6.07, 6.45) is 2.37. The van der Waals surface area contributed by atoms with Crippen molar-refractivity contribution in [2.75, 3.05) is 6.61 Å². The average Bonchev–Trinajstić information content (AvgIpc) is 2.31. The molecule has 0 radical (unpaired) electrons. The smallest absolute Gasteiger partial charge is 0.147 e. The van der Waals surface area contributed by atoms with Crippen LogP contribution in [0.4, 0.5) is 0 Å². The minimum atomic E-state index is 0.591. The highest BCUT2D eigenvalue weighted by molar-refractivity contribution is 9.11.